The maximum atomic E-state index is 5.70. The second-order valence-electron chi connectivity index (χ2n) is 4.15. The number of halogens is 1. The zero-order chi connectivity index (χ0) is 11.2. The molecule has 16 heavy (non-hydrogen) atoms. The van der Waals surface area contributed by atoms with E-state index in [1.165, 1.54) is 19.3 Å². The molecule has 1 atom stereocenters. The van der Waals surface area contributed by atoms with Gasteiger partial charge in [-0.05, 0) is 53.0 Å². The number of ether oxygens (including phenoxy) is 1. The quantitative estimate of drug-likeness (QED) is 0.863. The van der Waals surface area contributed by atoms with Crippen molar-refractivity contribution in [3.8, 4) is 0 Å². The Hall–Kier alpha value is -0.450. The molecule has 1 aliphatic heterocycles. The van der Waals surface area contributed by atoms with Crippen LogP contribution in [-0.4, -0.2) is 24.2 Å². The second kappa shape index (κ2) is 6.33. The minimum absolute atomic E-state index is 0.541. The van der Waals surface area contributed by atoms with Crippen molar-refractivity contribution in [3.63, 3.8) is 0 Å². The highest BCUT2D eigenvalue weighted by molar-refractivity contribution is 9.10. The molecular weight excluding hydrogens is 268 g/mol. The molecule has 88 valence electrons. The molecular formula is C12H17BrN2O. The van der Waals surface area contributed by atoms with Crippen molar-refractivity contribution < 1.29 is 4.74 Å². The number of hydrogen-bond acceptors (Lipinski definition) is 3. The first kappa shape index (κ1) is 12.0. The summed E-state index contributed by atoms with van der Waals surface area (Å²) >= 11 is 3.35. The van der Waals surface area contributed by atoms with E-state index in [2.05, 4.69) is 26.2 Å². The summed E-state index contributed by atoms with van der Waals surface area (Å²) in [7, 11) is 0. The largest absolute Gasteiger partial charge is 0.375 e. The lowest BCUT2D eigenvalue weighted by Gasteiger charge is -2.23. The molecule has 0 aromatic carbocycles. The summed E-state index contributed by atoms with van der Waals surface area (Å²) in [5.41, 5.74) is 1.16. The fraction of sp³-hybridized carbons (Fsp3) is 0.583. The standard InChI is InChI=1S/C12H17BrN2O/c13-12-7-10(4-6-15-12)8-16-9-11-3-1-2-5-14-11/h4,6-7,11,14H,1-3,5,8-9H2/t11-/m0/s1. The number of piperidine rings is 1. The van der Waals surface area contributed by atoms with Gasteiger partial charge in [-0.15, -0.1) is 0 Å². The number of nitrogens with zero attached hydrogens (tertiary/aromatic N) is 1. The normalized spacial score (nSPS) is 20.9. The maximum Gasteiger partial charge on any atom is 0.106 e. The van der Waals surface area contributed by atoms with E-state index < -0.39 is 0 Å². The zero-order valence-electron chi connectivity index (χ0n) is 9.29. The summed E-state index contributed by atoms with van der Waals surface area (Å²) in [6.45, 7) is 2.61. The van der Waals surface area contributed by atoms with Crippen LogP contribution in [0.15, 0.2) is 22.9 Å². The lowest BCUT2D eigenvalue weighted by atomic mass is 10.1. The van der Waals surface area contributed by atoms with Crippen LogP contribution < -0.4 is 5.32 Å². The van der Waals surface area contributed by atoms with Crippen molar-refractivity contribution in [3.05, 3.63) is 28.5 Å². The van der Waals surface area contributed by atoms with Gasteiger partial charge in [0.25, 0.3) is 0 Å². The Kier molecular flexibility index (Phi) is 4.75. The topological polar surface area (TPSA) is 34.1 Å². The molecule has 0 unspecified atom stereocenters. The molecule has 2 rings (SSSR count). The summed E-state index contributed by atoms with van der Waals surface area (Å²) in [6.07, 6.45) is 5.65. The average Bonchev–Trinajstić information content (AvgIpc) is 2.30. The molecule has 1 N–H and O–H groups in total. The third kappa shape index (κ3) is 3.85. The molecule has 2 heterocycles. The number of rotatable bonds is 4. The summed E-state index contributed by atoms with van der Waals surface area (Å²) in [5, 5.41) is 3.47. The fourth-order valence-corrected chi connectivity index (χ4v) is 2.33. The Morgan fingerprint density at radius 3 is 3.19 bits per heavy atom. The Balaban J connectivity index is 1.71. The molecule has 1 saturated heterocycles. The van der Waals surface area contributed by atoms with Gasteiger partial charge in [0.2, 0.25) is 0 Å². The molecule has 0 spiro atoms. The molecule has 0 radical (unpaired) electrons. The minimum atomic E-state index is 0.541. The van der Waals surface area contributed by atoms with Crippen molar-refractivity contribution in [1.82, 2.24) is 10.3 Å². The first-order valence-electron chi connectivity index (χ1n) is 5.76. The Labute approximate surface area is 105 Å². The van der Waals surface area contributed by atoms with Crippen LogP contribution >= 0.6 is 15.9 Å². The first-order valence-corrected chi connectivity index (χ1v) is 6.55. The Bertz CT molecular complexity index is 327. The van der Waals surface area contributed by atoms with Gasteiger partial charge in [-0.25, -0.2) is 4.98 Å². The Morgan fingerprint density at radius 1 is 1.50 bits per heavy atom. The minimum Gasteiger partial charge on any atom is -0.375 e. The SMILES string of the molecule is Brc1cc(COC[C@@H]2CCCCN2)ccn1. The molecule has 4 heteroatoms. The van der Waals surface area contributed by atoms with E-state index in [1.807, 2.05) is 12.1 Å². The monoisotopic (exact) mass is 284 g/mol. The lowest BCUT2D eigenvalue weighted by Crippen LogP contribution is -2.37. The van der Waals surface area contributed by atoms with Crippen LogP contribution in [0.1, 0.15) is 24.8 Å². The summed E-state index contributed by atoms with van der Waals surface area (Å²) in [4.78, 5) is 4.09. The summed E-state index contributed by atoms with van der Waals surface area (Å²) in [6, 6.07) is 4.52. The van der Waals surface area contributed by atoms with Crippen molar-refractivity contribution in [2.75, 3.05) is 13.2 Å². The molecule has 0 aliphatic carbocycles. The van der Waals surface area contributed by atoms with E-state index in [9.17, 15) is 0 Å². The molecule has 1 aliphatic rings. The van der Waals surface area contributed by atoms with Gasteiger partial charge in [0.1, 0.15) is 4.60 Å². The molecule has 0 saturated carbocycles. The van der Waals surface area contributed by atoms with Gasteiger partial charge in [0.05, 0.1) is 13.2 Å². The molecule has 0 amide bonds. The number of aromatic nitrogens is 1. The van der Waals surface area contributed by atoms with E-state index in [0.717, 1.165) is 23.3 Å². The zero-order valence-corrected chi connectivity index (χ0v) is 10.9. The smallest absolute Gasteiger partial charge is 0.106 e. The van der Waals surface area contributed by atoms with Crippen LogP contribution in [0.5, 0.6) is 0 Å². The fourth-order valence-electron chi connectivity index (χ4n) is 1.92. The van der Waals surface area contributed by atoms with Gasteiger partial charge >= 0.3 is 0 Å². The third-order valence-corrected chi connectivity index (χ3v) is 3.22. The Morgan fingerprint density at radius 2 is 2.44 bits per heavy atom. The van der Waals surface area contributed by atoms with Gasteiger partial charge in [-0.1, -0.05) is 6.42 Å². The number of hydrogen-bond donors (Lipinski definition) is 1. The summed E-state index contributed by atoms with van der Waals surface area (Å²) in [5.74, 6) is 0. The second-order valence-corrected chi connectivity index (χ2v) is 4.96. The van der Waals surface area contributed by atoms with Gasteiger partial charge in [0, 0.05) is 12.2 Å². The van der Waals surface area contributed by atoms with Crippen LogP contribution in [0.2, 0.25) is 0 Å². The van der Waals surface area contributed by atoms with Crippen LogP contribution in [0.4, 0.5) is 0 Å². The molecule has 1 aromatic heterocycles. The van der Waals surface area contributed by atoms with Gasteiger partial charge in [-0.2, -0.15) is 0 Å². The highest BCUT2D eigenvalue weighted by Crippen LogP contribution is 2.11. The first-order chi connectivity index (χ1) is 7.84. The molecule has 3 nitrogen and oxygen atoms in total. The highest BCUT2D eigenvalue weighted by atomic mass is 79.9. The van der Waals surface area contributed by atoms with Crippen LogP contribution in [0.25, 0.3) is 0 Å². The van der Waals surface area contributed by atoms with Gasteiger partial charge in [0.15, 0.2) is 0 Å². The van der Waals surface area contributed by atoms with Gasteiger partial charge < -0.3 is 10.1 Å². The van der Waals surface area contributed by atoms with Crippen molar-refractivity contribution >= 4 is 15.9 Å². The van der Waals surface area contributed by atoms with Crippen molar-refractivity contribution in [1.29, 1.82) is 0 Å². The van der Waals surface area contributed by atoms with E-state index in [-0.39, 0.29) is 0 Å². The molecule has 0 bridgehead atoms. The summed E-state index contributed by atoms with van der Waals surface area (Å²) < 4.78 is 6.57. The van der Waals surface area contributed by atoms with Crippen LogP contribution in [0, 0.1) is 0 Å². The van der Waals surface area contributed by atoms with Crippen molar-refractivity contribution in [2.45, 2.75) is 31.9 Å². The molecule has 1 fully saturated rings. The van der Waals surface area contributed by atoms with E-state index in [4.69, 9.17) is 4.74 Å². The maximum absolute atomic E-state index is 5.70. The van der Waals surface area contributed by atoms with E-state index in [1.54, 1.807) is 6.20 Å². The van der Waals surface area contributed by atoms with E-state index >= 15 is 0 Å². The number of pyridine rings is 1. The number of nitrogens with one attached hydrogen (secondary N) is 1. The predicted octanol–water partition coefficient (Wildman–Crippen LogP) is 2.50. The van der Waals surface area contributed by atoms with Gasteiger partial charge in [-0.3, -0.25) is 0 Å². The molecule has 1 aromatic rings. The lowest BCUT2D eigenvalue weighted by molar-refractivity contribution is 0.0911. The highest BCUT2D eigenvalue weighted by Gasteiger charge is 2.11. The van der Waals surface area contributed by atoms with Crippen LogP contribution in [0.3, 0.4) is 0 Å². The third-order valence-electron chi connectivity index (χ3n) is 2.79. The van der Waals surface area contributed by atoms with Crippen LogP contribution in [-0.2, 0) is 11.3 Å². The van der Waals surface area contributed by atoms with Crippen molar-refractivity contribution in [2.24, 2.45) is 0 Å². The average molecular weight is 285 g/mol. The predicted molar refractivity (Wildman–Crippen MR) is 67.2 cm³/mol. The van der Waals surface area contributed by atoms with E-state index in [0.29, 0.717) is 12.6 Å².